The molecule has 0 amide bonds. The predicted octanol–water partition coefficient (Wildman–Crippen LogP) is 2.36. The first-order chi connectivity index (χ1) is 12.0. The van der Waals surface area contributed by atoms with Gasteiger partial charge in [-0.15, -0.1) is 0 Å². The summed E-state index contributed by atoms with van der Waals surface area (Å²) < 4.78 is 59.0. The summed E-state index contributed by atoms with van der Waals surface area (Å²) in [5.41, 5.74) is 1.53. The molecule has 0 saturated carbocycles. The predicted molar refractivity (Wildman–Crippen MR) is 101 cm³/mol. The summed E-state index contributed by atoms with van der Waals surface area (Å²) in [4.78, 5) is 0.0245. The van der Waals surface area contributed by atoms with Crippen LogP contribution in [0.2, 0.25) is 0 Å². The van der Waals surface area contributed by atoms with E-state index in [0.717, 1.165) is 9.87 Å². The number of nitrogens with zero attached hydrogens (tertiary/aromatic N) is 1. The van der Waals surface area contributed by atoms with E-state index in [4.69, 9.17) is 4.74 Å². The van der Waals surface area contributed by atoms with Gasteiger partial charge >= 0.3 is 0 Å². The van der Waals surface area contributed by atoms with Crippen LogP contribution in [0.25, 0.3) is 0 Å². The minimum absolute atomic E-state index is 0.119. The summed E-state index contributed by atoms with van der Waals surface area (Å²) in [6.07, 6.45) is 0. The van der Waals surface area contributed by atoms with Crippen molar-refractivity contribution in [3.05, 3.63) is 47.5 Å². The maximum Gasteiger partial charge on any atom is 0.262 e. The SMILES string of the molecule is COc1ccc(NS(=O)(=O)c2cc(C)ccc2C)cc1S(=O)(=O)N(C)C. The van der Waals surface area contributed by atoms with Crippen LogP contribution in [-0.2, 0) is 20.0 Å². The van der Waals surface area contributed by atoms with Gasteiger partial charge in [-0.05, 0) is 49.2 Å². The molecule has 2 rings (SSSR count). The van der Waals surface area contributed by atoms with Crippen molar-refractivity contribution in [3.8, 4) is 5.75 Å². The van der Waals surface area contributed by atoms with Gasteiger partial charge < -0.3 is 4.74 Å². The first kappa shape index (κ1) is 20.2. The monoisotopic (exact) mass is 398 g/mol. The van der Waals surface area contributed by atoms with E-state index in [9.17, 15) is 16.8 Å². The molecule has 0 bridgehead atoms. The fourth-order valence-corrected chi connectivity index (χ4v) is 4.80. The number of hydrogen-bond donors (Lipinski definition) is 1. The lowest BCUT2D eigenvalue weighted by Crippen LogP contribution is -2.23. The van der Waals surface area contributed by atoms with Crippen LogP contribution < -0.4 is 9.46 Å². The van der Waals surface area contributed by atoms with Crippen molar-refractivity contribution in [2.75, 3.05) is 25.9 Å². The fourth-order valence-electron chi connectivity index (χ4n) is 2.35. The molecule has 0 radical (unpaired) electrons. The molecular formula is C17H22N2O5S2. The number of aryl methyl sites for hydroxylation is 2. The first-order valence-corrected chi connectivity index (χ1v) is 10.6. The van der Waals surface area contributed by atoms with Crippen LogP contribution in [0.5, 0.6) is 5.75 Å². The number of methoxy groups -OCH3 is 1. The van der Waals surface area contributed by atoms with Crippen LogP contribution >= 0.6 is 0 Å². The van der Waals surface area contributed by atoms with E-state index < -0.39 is 20.0 Å². The Morgan fingerprint density at radius 3 is 2.15 bits per heavy atom. The molecule has 0 aliphatic heterocycles. The summed E-state index contributed by atoms with van der Waals surface area (Å²) in [5, 5.41) is 0. The van der Waals surface area contributed by atoms with E-state index in [1.807, 2.05) is 6.07 Å². The molecule has 1 N–H and O–H groups in total. The van der Waals surface area contributed by atoms with Crippen molar-refractivity contribution < 1.29 is 21.6 Å². The van der Waals surface area contributed by atoms with Gasteiger partial charge in [0.15, 0.2) is 0 Å². The molecule has 0 atom stereocenters. The maximum absolute atomic E-state index is 12.7. The second-order valence-corrected chi connectivity index (χ2v) is 9.80. The fraction of sp³-hybridized carbons (Fsp3) is 0.294. The molecule has 0 heterocycles. The number of nitrogens with one attached hydrogen (secondary N) is 1. The summed E-state index contributed by atoms with van der Waals surface area (Å²) in [5.74, 6) is 0.133. The van der Waals surface area contributed by atoms with Crippen LogP contribution in [0.4, 0.5) is 5.69 Å². The number of hydrogen-bond acceptors (Lipinski definition) is 5. The minimum Gasteiger partial charge on any atom is -0.495 e. The van der Waals surface area contributed by atoms with Crippen LogP contribution in [0, 0.1) is 13.8 Å². The molecule has 0 fully saturated rings. The van der Waals surface area contributed by atoms with Gasteiger partial charge in [-0.1, -0.05) is 12.1 Å². The van der Waals surface area contributed by atoms with Gasteiger partial charge in [0, 0.05) is 14.1 Å². The van der Waals surface area contributed by atoms with E-state index in [1.54, 1.807) is 26.0 Å². The average molecular weight is 399 g/mol. The summed E-state index contributed by atoms with van der Waals surface area (Å²) in [6.45, 7) is 3.50. The number of anilines is 1. The Hall–Kier alpha value is -2.10. The van der Waals surface area contributed by atoms with Crippen LogP contribution in [0.15, 0.2) is 46.2 Å². The first-order valence-electron chi connectivity index (χ1n) is 7.69. The summed E-state index contributed by atoms with van der Waals surface area (Å²) >= 11 is 0. The van der Waals surface area contributed by atoms with Gasteiger partial charge in [0.2, 0.25) is 10.0 Å². The maximum atomic E-state index is 12.7. The molecule has 9 heteroatoms. The summed E-state index contributed by atoms with van der Waals surface area (Å²) in [6, 6.07) is 9.23. The van der Waals surface area contributed by atoms with E-state index in [1.165, 1.54) is 39.4 Å². The molecule has 0 spiro atoms. The Morgan fingerprint density at radius 1 is 0.923 bits per heavy atom. The third-order valence-corrected chi connectivity index (χ3v) is 7.17. The van der Waals surface area contributed by atoms with Crippen molar-refractivity contribution in [2.24, 2.45) is 0 Å². The molecular weight excluding hydrogens is 376 g/mol. The second kappa shape index (κ2) is 7.26. The van der Waals surface area contributed by atoms with Crippen molar-refractivity contribution in [1.29, 1.82) is 0 Å². The molecule has 0 aromatic heterocycles. The van der Waals surface area contributed by atoms with E-state index in [0.29, 0.717) is 5.56 Å². The van der Waals surface area contributed by atoms with Crippen LogP contribution in [0.3, 0.4) is 0 Å². The van der Waals surface area contributed by atoms with Gasteiger partial charge in [0.1, 0.15) is 10.6 Å². The molecule has 2 aromatic carbocycles. The lowest BCUT2D eigenvalue weighted by Gasteiger charge is -2.16. The Labute approximate surface area is 154 Å². The highest BCUT2D eigenvalue weighted by Crippen LogP contribution is 2.30. The minimum atomic E-state index is -3.87. The third kappa shape index (κ3) is 4.00. The van der Waals surface area contributed by atoms with Crippen molar-refractivity contribution >= 4 is 25.7 Å². The zero-order chi connectivity index (χ0) is 19.7. The Balaban J connectivity index is 2.52. The van der Waals surface area contributed by atoms with Crippen molar-refractivity contribution in [1.82, 2.24) is 4.31 Å². The molecule has 26 heavy (non-hydrogen) atoms. The highest BCUT2D eigenvalue weighted by atomic mass is 32.2. The average Bonchev–Trinajstić information content (AvgIpc) is 2.56. The lowest BCUT2D eigenvalue weighted by molar-refractivity contribution is 0.400. The molecule has 0 unspecified atom stereocenters. The van der Waals surface area contributed by atoms with Crippen molar-refractivity contribution in [3.63, 3.8) is 0 Å². The third-order valence-electron chi connectivity index (χ3n) is 3.81. The van der Waals surface area contributed by atoms with Crippen molar-refractivity contribution in [2.45, 2.75) is 23.6 Å². The zero-order valence-corrected chi connectivity index (χ0v) is 16.9. The van der Waals surface area contributed by atoms with E-state index in [2.05, 4.69) is 4.72 Å². The number of benzene rings is 2. The molecule has 7 nitrogen and oxygen atoms in total. The second-order valence-electron chi connectivity index (χ2n) is 6.03. The molecule has 0 aliphatic carbocycles. The Kier molecular flexibility index (Phi) is 5.64. The van der Waals surface area contributed by atoms with E-state index in [-0.39, 0.29) is 21.2 Å². The molecule has 0 saturated heterocycles. The normalized spacial score (nSPS) is 12.2. The smallest absolute Gasteiger partial charge is 0.262 e. The molecule has 2 aromatic rings. The highest BCUT2D eigenvalue weighted by molar-refractivity contribution is 7.92. The summed E-state index contributed by atoms with van der Waals surface area (Å²) in [7, 11) is -3.54. The standard InChI is InChI=1S/C17H22N2O5S2/c1-12-6-7-13(2)16(10-12)25(20,21)18-14-8-9-15(24-5)17(11-14)26(22,23)19(3)4/h6-11,18H,1-5H3. The van der Waals surface area contributed by atoms with Crippen LogP contribution in [0.1, 0.15) is 11.1 Å². The van der Waals surface area contributed by atoms with Gasteiger partial charge in [-0.2, -0.15) is 0 Å². The Bertz CT molecular complexity index is 1030. The van der Waals surface area contributed by atoms with Crippen LogP contribution in [-0.4, -0.2) is 42.3 Å². The largest absolute Gasteiger partial charge is 0.495 e. The lowest BCUT2D eigenvalue weighted by atomic mass is 10.2. The topological polar surface area (TPSA) is 92.8 Å². The van der Waals surface area contributed by atoms with Gasteiger partial charge in [0.05, 0.1) is 17.7 Å². The Morgan fingerprint density at radius 2 is 1.58 bits per heavy atom. The highest BCUT2D eigenvalue weighted by Gasteiger charge is 2.24. The zero-order valence-electron chi connectivity index (χ0n) is 15.3. The quantitative estimate of drug-likeness (QED) is 0.806. The number of sulfonamides is 2. The van der Waals surface area contributed by atoms with Gasteiger partial charge in [-0.25, -0.2) is 21.1 Å². The molecule has 0 aliphatic rings. The van der Waals surface area contributed by atoms with Gasteiger partial charge in [-0.3, -0.25) is 4.72 Å². The number of rotatable bonds is 6. The molecule has 142 valence electrons. The van der Waals surface area contributed by atoms with Gasteiger partial charge in [0.25, 0.3) is 10.0 Å². The number of ether oxygens (including phenoxy) is 1. The van der Waals surface area contributed by atoms with E-state index >= 15 is 0 Å².